The predicted molar refractivity (Wildman–Crippen MR) is 75.4 cm³/mol. The van der Waals surface area contributed by atoms with E-state index in [0.29, 0.717) is 6.42 Å². The van der Waals surface area contributed by atoms with Crippen LogP contribution in [0.2, 0.25) is 0 Å². The molecular formula is C15H19NO4. The van der Waals surface area contributed by atoms with E-state index in [2.05, 4.69) is 11.9 Å². The van der Waals surface area contributed by atoms with Crippen LogP contribution in [0.25, 0.3) is 0 Å². The van der Waals surface area contributed by atoms with Crippen LogP contribution in [0.1, 0.15) is 12.5 Å². The first kappa shape index (κ1) is 15.8. The Kier molecular flexibility index (Phi) is 5.77. The quantitative estimate of drug-likeness (QED) is 0.749. The van der Waals surface area contributed by atoms with Crippen molar-refractivity contribution in [3.05, 3.63) is 48.6 Å². The van der Waals surface area contributed by atoms with Gasteiger partial charge >= 0.3 is 12.1 Å². The summed E-state index contributed by atoms with van der Waals surface area (Å²) in [7, 11) is 0. The Balaban J connectivity index is 2.65. The molecule has 0 radical (unpaired) electrons. The molecule has 0 heterocycles. The lowest BCUT2D eigenvalue weighted by Gasteiger charge is -2.25. The lowest BCUT2D eigenvalue weighted by Crippen LogP contribution is -2.42. The summed E-state index contributed by atoms with van der Waals surface area (Å²) in [6, 6.07) is 9.29. The highest BCUT2D eigenvalue weighted by Gasteiger charge is 2.34. The standard InChI is InChI=1S/C15H19NO4/c1-3-9-20-14(19)16-11-15(2,13(17)18)10-12-7-5-4-6-8-12/h3-8H,1,9-11H2,2H3,(H,16,19)(H,17,18). The Morgan fingerprint density at radius 3 is 2.60 bits per heavy atom. The second kappa shape index (κ2) is 7.33. The van der Waals surface area contributed by atoms with Crippen LogP contribution in [0.3, 0.4) is 0 Å². The number of hydrogen-bond acceptors (Lipinski definition) is 3. The van der Waals surface area contributed by atoms with Gasteiger partial charge in [-0.1, -0.05) is 43.0 Å². The minimum atomic E-state index is -1.09. The molecule has 0 aliphatic carbocycles. The minimum absolute atomic E-state index is 0.00674. The molecule has 5 nitrogen and oxygen atoms in total. The minimum Gasteiger partial charge on any atom is -0.481 e. The number of carboxylic acids is 1. The van der Waals surface area contributed by atoms with Gasteiger partial charge in [-0.15, -0.1) is 0 Å². The molecule has 1 aromatic rings. The van der Waals surface area contributed by atoms with Gasteiger partial charge < -0.3 is 15.2 Å². The maximum Gasteiger partial charge on any atom is 0.407 e. The van der Waals surface area contributed by atoms with Crippen molar-refractivity contribution in [2.75, 3.05) is 13.2 Å². The van der Waals surface area contributed by atoms with E-state index in [1.807, 2.05) is 30.3 Å². The number of ether oxygens (including phenoxy) is 1. The Bertz CT molecular complexity index is 472. The molecule has 0 aliphatic heterocycles. The van der Waals surface area contributed by atoms with Gasteiger partial charge in [0.1, 0.15) is 6.61 Å². The maximum absolute atomic E-state index is 11.4. The number of carbonyl (C=O) groups excluding carboxylic acids is 1. The zero-order valence-electron chi connectivity index (χ0n) is 11.5. The van der Waals surface area contributed by atoms with Crippen LogP contribution in [0, 0.1) is 5.41 Å². The third kappa shape index (κ3) is 4.76. The SMILES string of the molecule is C=CCOC(=O)NCC(C)(Cc1ccccc1)C(=O)O. The summed E-state index contributed by atoms with van der Waals surface area (Å²) in [4.78, 5) is 22.8. The third-order valence-corrected chi connectivity index (χ3v) is 2.91. The number of rotatable bonds is 7. The summed E-state index contributed by atoms with van der Waals surface area (Å²) in [5.74, 6) is -0.967. The van der Waals surface area contributed by atoms with Gasteiger partial charge in [0.05, 0.1) is 5.41 Å². The molecule has 1 aromatic carbocycles. The van der Waals surface area contributed by atoms with Gasteiger partial charge in [0.15, 0.2) is 0 Å². The molecule has 1 atom stereocenters. The highest BCUT2D eigenvalue weighted by molar-refractivity contribution is 5.76. The first-order chi connectivity index (χ1) is 9.48. The molecule has 2 N–H and O–H groups in total. The first-order valence-electron chi connectivity index (χ1n) is 6.27. The molecule has 1 rings (SSSR count). The van der Waals surface area contributed by atoms with Gasteiger partial charge in [-0.2, -0.15) is 0 Å². The highest BCUT2D eigenvalue weighted by Crippen LogP contribution is 2.22. The average molecular weight is 277 g/mol. The van der Waals surface area contributed by atoms with E-state index < -0.39 is 17.5 Å². The fourth-order valence-corrected chi connectivity index (χ4v) is 1.71. The number of hydrogen-bond donors (Lipinski definition) is 2. The van der Waals surface area contributed by atoms with Crippen LogP contribution in [0.5, 0.6) is 0 Å². The summed E-state index contributed by atoms with van der Waals surface area (Å²) in [6.07, 6.45) is 1.12. The van der Waals surface area contributed by atoms with Crippen molar-refractivity contribution < 1.29 is 19.4 Å². The maximum atomic E-state index is 11.4. The number of aliphatic carboxylic acids is 1. The van der Waals surface area contributed by atoms with Crippen LogP contribution in [-0.2, 0) is 16.0 Å². The molecule has 5 heteroatoms. The lowest BCUT2D eigenvalue weighted by atomic mass is 9.83. The van der Waals surface area contributed by atoms with Crippen LogP contribution >= 0.6 is 0 Å². The van der Waals surface area contributed by atoms with E-state index in [0.717, 1.165) is 5.56 Å². The Morgan fingerprint density at radius 2 is 2.05 bits per heavy atom. The van der Waals surface area contributed by atoms with Gasteiger partial charge in [-0.05, 0) is 18.9 Å². The Labute approximate surface area is 118 Å². The Morgan fingerprint density at radius 1 is 1.40 bits per heavy atom. The second-order valence-corrected chi connectivity index (χ2v) is 4.77. The number of carboxylic acid groups (broad SMARTS) is 1. The number of nitrogens with one attached hydrogen (secondary N) is 1. The topological polar surface area (TPSA) is 75.6 Å². The third-order valence-electron chi connectivity index (χ3n) is 2.91. The zero-order chi connectivity index (χ0) is 15.0. The molecule has 0 aromatic heterocycles. The van der Waals surface area contributed by atoms with Crippen molar-refractivity contribution in [2.45, 2.75) is 13.3 Å². The number of benzene rings is 1. The lowest BCUT2D eigenvalue weighted by molar-refractivity contribution is -0.147. The van der Waals surface area contributed by atoms with Crippen molar-refractivity contribution in [3.63, 3.8) is 0 Å². The summed E-state index contributed by atoms with van der Waals surface area (Å²) in [5.41, 5.74) is -0.187. The van der Waals surface area contributed by atoms with E-state index in [1.165, 1.54) is 6.08 Å². The molecule has 0 saturated carbocycles. The molecule has 1 amide bonds. The van der Waals surface area contributed by atoms with E-state index in [-0.39, 0.29) is 13.2 Å². The molecular weight excluding hydrogens is 258 g/mol. The van der Waals surface area contributed by atoms with Gasteiger partial charge in [-0.3, -0.25) is 4.79 Å². The summed E-state index contributed by atoms with van der Waals surface area (Å²) >= 11 is 0. The van der Waals surface area contributed by atoms with Gasteiger partial charge in [-0.25, -0.2) is 4.79 Å². The van der Waals surface area contributed by atoms with E-state index in [4.69, 9.17) is 4.74 Å². The number of alkyl carbamates (subject to hydrolysis) is 1. The second-order valence-electron chi connectivity index (χ2n) is 4.77. The monoisotopic (exact) mass is 277 g/mol. The molecule has 0 saturated heterocycles. The fraction of sp³-hybridized carbons (Fsp3) is 0.333. The van der Waals surface area contributed by atoms with Crippen LogP contribution < -0.4 is 5.32 Å². The van der Waals surface area contributed by atoms with Crippen molar-refractivity contribution >= 4 is 12.1 Å². The molecule has 0 aliphatic rings. The summed E-state index contributed by atoms with van der Waals surface area (Å²) in [5, 5.41) is 11.8. The predicted octanol–water partition coefficient (Wildman–Crippen LogP) is 2.23. The summed E-state index contributed by atoms with van der Waals surface area (Å²) in [6.45, 7) is 5.10. The smallest absolute Gasteiger partial charge is 0.407 e. The highest BCUT2D eigenvalue weighted by atomic mass is 16.5. The molecule has 20 heavy (non-hydrogen) atoms. The van der Waals surface area contributed by atoms with Gasteiger partial charge in [0.2, 0.25) is 0 Å². The van der Waals surface area contributed by atoms with Crippen molar-refractivity contribution in [1.29, 1.82) is 0 Å². The molecule has 0 fully saturated rings. The van der Waals surface area contributed by atoms with Crippen molar-refractivity contribution in [1.82, 2.24) is 5.32 Å². The zero-order valence-corrected chi connectivity index (χ0v) is 11.5. The van der Waals surface area contributed by atoms with Crippen LogP contribution in [0.15, 0.2) is 43.0 Å². The largest absolute Gasteiger partial charge is 0.481 e. The fourth-order valence-electron chi connectivity index (χ4n) is 1.71. The molecule has 1 unspecified atom stereocenters. The van der Waals surface area contributed by atoms with Crippen molar-refractivity contribution in [3.8, 4) is 0 Å². The van der Waals surface area contributed by atoms with E-state index >= 15 is 0 Å². The molecule has 108 valence electrons. The van der Waals surface area contributed by atoms with Crippen LogP contribution in [0.4, 0.5) is 4.79 Å². The van der Waals surface area contributed by atoms with Gasteiger partial charge in [0, 0.05) is 6.54 Å². The number of carbonyl (C=O) groups is 2. The van der Waals surface area contributed by atoms with Gasteiger partial charge in [0.25, 0.3) is 0 Å². The number of amides is 1. The van der Waals surface area contributed by atoms with Crippen molar-refractivity contribution in [2.24, 2.45) is 5.41 Å². The average Bonchev–Trinajstić information content (AvgIpc) is 2.44. The Hall–Kier alpha value is -2.30. The summed E-state index contributed by atoms with van der Waals surface area (Å²) < 4.78 is 4.76. The van der Waals surface area contributed by atoms with E-state index in [1.54, 1.807) is 6.92 Å². The van der Waals surface area contributed by atoms with Crippen LogP contribution in [-0.4, -0.2) is 30.3 Å². The first-order valence-corrected chi connectivity index (χ1v) is 6.27. The molecule has 0 spiro atoms. The molecule has 0 bridgehead atoms. The van der Waals surface area contributed by atoms with E-state index in [9.17, 15) is 14.7 Å². The normalized spacial score (nSPS) is 13.1.